The molecule has 6 heteroatoms. The Morgan fingerprint density at radius 3 is 2.15 bits per heavy atom. The van der Waals surface area contributed by atoms with Crippen molar-refractivity contribution in [1.82, 2.24) is 9.55 Å². The van der Waals surface area contributed by atoms with E-state index in [-0.39, 0.29) is 24.1 Å². The number of nitrogens with zero attached hydrogens (tertiary/aromatic N) is 2. The summed E-state index contributed by atoms with van der Waals surface area (Å²) in [4.78, 5) is 17.2. The number of Topliss-reactive ketones (excluding diaryl/α,β-unsaturated/α-hetero) is 1. The first kappa shape index (κ1) is 23.8. The highest BCUT2D eigenvalue weighted by atomic mass is 32.2. The zero-order valence-electron chi connectivity index (χ0n) is 19.1. The first-order valence-electron chi connectivity index (χ1n) is 11.2. The van der Waals surface area contributed by atoms with E-state index in [2.05, 4.69) is 53.5 Å². The van der Waals surface area contributed by atoms with Crippen LogP contribution in [-0.2, 0) is 13.2 Å². The fraction of sp³-hybridized carbons (Fsp3) is 0.214. The molecule has 0 atom stereocenters. The molecule has 174 valence electrons. The van der Waals surface area contributed by atoms with Crippen LogP contribution in [0.5, 0.6) is 5.75 Å². The molecule has 4 aromatic rings. The molecule has 0 aliphatic carbocycles. The Kier molecular flexibility index (Phi) is 8.17. The van der Waals surface area contributed by atoms with Gasteiger partial charge < -0.3 is 14.4 Å². The number of methoxy groups -OCH3 is 1. The third kappa shape index (κ3) is 5.76. The summed E-state index contributed by atoms with van der Waals surface area (Å²) in [5.41, 5.74) is 3.90. The number of rotatable bonds is 11. The second-order valence-electron chi connectivity index (χ2n) is 7.94. The van der Waals surface area contributed by atoms with Gasteiger partial charge in [-0.1, -0.05) is 72.4 Å². The van der Waals surface area contributed by atoms with Crippen LogP contribution in [-0.4, -0.2) is 33.3 Å². The molecule has 0 bridgehead atoms. The van der Waals surface area contributed by atoms with Crippen molar-refractivity contribution < 1.29 is 14.6 Å². The molecule has 1 heterocycles. The lowest BCUT2D eigenvalue weighted by molar-refractivity contribution is 0.102. The second-order valence-corrected chi connectivity index (χ2v) is 8.89. The predicted octanol–water partition coefficient (Wildman–Crippen LogP) is 5.58. The maximum Gasteiger partial charge on any atom is 0.173 e. The van der Waals surface area contributed by atoms with Gasteiger partial charge in [0.15, 0.2) is 10.9 Å². The van der Waals surface area contributed by atoms with E-state index in [4.69, 9.17) is 4.74 Å². The van der Waals surface area contributed by atoms with Crippen LogP contribution in [0, 0.1) is 0 Å². The summed E-state index contributed by atoms with van der Waals surface area (Å²) in [5, 5.41) is 10.6. The highest BCUT2D eigenvalue weighted by molar-refractivity contribution is 7.99. The maximum atomic E-state index is 12.7. The van der Waals surface area contributed by atoms with Crippen LogP contribution in [0.25, 0.3) is 0 Å². The number of aromatic nitrogens is 2. The molecule has 0 saturated heterocycles. The first-order chi connectivity index (χ1) is 16.7. The highest BCUT2D eigenvalue weighted by Gasteiger charge is 2.18. The molecule has 0 spiro atoms. The van der Waals surface area contributed by atoms with Gasteiger partial charge in [-0.15, -0.1) is 0 Å². The van der Waals surface area contributed by atoms with Crippen molar-refractivity contribution in [3.8, 4) is 5.75 Å². The van der Waals surface area contributed by atoms with E-state index < -0.39 is 0 Å². The Hall–Kier alpha value is -3.35. The highest BCUT2D eigenvalue weighted by Crippen LogP contribution is 2.30. The molecule has 1 aromatic heterocycles. The summed E-state index contributed by atoms with van der Waals surface area (Å²) in [6.45, 7) is 0.588. The van der Waals surface area contributed by atoms with Crippen LogP contribution < -0.4 is 4.74 Å². The molecule has 5 nitrogen and oxygen atoms in total. The van der Waals surface area contributed by atoms with Gasteiger partial charge >= 0.3 is 0 Å². The van der Waals surface area contributed by atoms with Crippen LogP contribution in [0.3, 0.4) is 0 Å². The second kappa shape index (κ2) is 11.7. The van der Waals surface area contributed by atoms with E-state index in [0.717, 1.165) is 23.0 Å². The van der Waals surface area contributed by atoms with Gasteiger partial charge in [0.2, 0.25) is 0 Å². The van der Waals surface area contributed by atoms with Gasteiger partial charge in [-0.25, -0.2) is 4.98 Å². The lowest BCUT2D eigenvalue weighted by atomic mass is 9.88. The normalized spacial score (nSPS) is 11.0. The maximum absolute atomic E-state index is 12.7. The van der Waals surface area contributed by atoms with E-state index >= 15 is 0 Å². The SMILES string of the molecule is COc1ccc(C(=O)CSc2ncc(CO)n2CCC(c2ccccc2)c2ccccc2)cc1. The first-order valence-corrected chi connectivity index (χ1v) is 12.2. The fourth-order valence-electron chi connectivity index (χ4n) is 4.02. The number of aliphatic hydroxyl groups is 1. The van der Waals surface area contributed by atoms with Gasteiger partial charge in [0.05, 0.1) is 31.4 Å². The molecule has 0 unspecified atom stereocenters. The van der Waals surface area contributed by atoms with E-state index in [1.54, 1.807) is 37.6 Å². The Morgan fingerprint density at radius 1 is 0.971 bits per heavy atom. The fourth-order valence-corrected chi connectivity index (χ4v) is 4.94. The Bertz CT molecular complexity index is 1150. The van der Waals surface area contributed by atoms with Crippen molar-refractivity contribution in [2.24, 2.45) is 0 Å². The molecule has 4 rings (SSSR count). The average Bonchev–Trinajstić information content (AvgIpc) is 3.30. The van der Waals surface area contributed by atoms with Crippen molar-refractivity contribution in [2.45, 2.75) is 30.6 Å². The van der Waals surface area contributed by atoms with Crippen molar-refractivity contribution in [1.29, 1.82) is 0 Å². The molecule has 0 amide bonds. The summed E-state index contributed by atoms with van der Waals surface area (Å²) in [5.74, 6) is 1.24. The summed E-state index contributed by atoms with van der Waals surface area (Å²) in [6.07, 6.45) is 2.54. The van der Waals surface area contributed by atoms with E-state index in [0.29, 0.717) is 12.1 Å². The molecule has 0 aliphatic heterocycles. The number of benzene rings is 3. The largest absolute Gasteiger partial charge is 0.497 e. The van der Waals surface area contributed by atoms with E-state index in [1.165, 1.54) is 22.9 Å². The van der Waals surface area contributed by atoms with Crippen molar-refractivity contribution >= 4 is 17.5 Å². The Morgan fingerprint density at radius 2 is 1.59 bits per heavy atom. The third-order valence-corrected chi connectivity index (χ3v) is 6.84. The van der Waals surface area contributed by atoms with Gasteiger partial charge in [0, 0.05) is 18.0 Å². The van der Waals surface area contributed by atoms with Gasteiger partial charge in [-0.2, -0.15) is 0 Å². The number of hydrogen-bond acceptors (Lipinski definition) is 5. The summed E-state index contributed by atoms with van der Waals surface area (Å²) in [7, 11) is 1.60. The summed E-state index contributed by atoms with van der Waals surface area (Å²) >= 11 is 1.40. The minimum Gasteiger partial charge on any atom is -0.497 e. The lowest BCUT2D eigenvalue weighted by Crippen LogP contribution is -2.11. The lowest BCUT2D eigenvalue weighted by Gasteiger charge is -2.20. The Labute approximate surface area is 204 Å². The van der Waals surface area contributed by atoms with Gasteiger partial charge in [-0.05, 0) is 41.8 Å². The van der Waals surface area contributed by atoms with Crippen molar-refractivity contribution in [3.05, 3.63) is 114 Å². The topological polar surface area (TPSA) is 64.3 Å². The number of carbonyl (C=O) groups is 1. The minimum absolute atomic E-state index is 0.0270. The number of ether oxygens (including phenoxy) is 1. The van der Waals surface area contributed by atoms with Gasteiger partial charge in [-0.3, -0.25) is 4.79 Å². The smallest absolute Gasteiger partial charge is 0.173 e. The molecule has 1 N–H and O–H groups in total. The molecule has 3 aromatic carbocycles. The molecule has 0 aliphatic rings. The average molecular weight is 473 g/mol. The monoisotopic (exact) mass is 472 g/mol. The standard InChI is InChI=1S/C28H28N2O3S/c1-33-25-14-12-23(13-15-25)27(32)20-34-28-29-18-24(19-31)30(28)17-16-26(21-8-4-2-5-9-21)22-10-6-3-7-11-22/h2-15,18,26,31H,16-17,19-20H2,1H3. The quantitative estimate of drug-likeness (QED) is 0.228. The number of carbonyl (C=O) groups excluding carboxylic acids is 1. The van der Waals surface area contributed by atoms with Gasteiger partial charge in [0.25, 0.3) is 0 Å². The zero-order valence-corrected chi connectivity index (χ0v) is 19.9. The minimum atomic E-state index is -0.0959. The predicted molar refractivity (Wildman–Crippen MR) is 136 cm³/mol. The van der Waals surface area contributed by atoms with Crippen molar-refractivity contribution in [2.75, 3.05) is 12.9 Å². The van der Waals surface area contributed by atoms with Crippen LogP contribution >= 0.6 is 11.8 Å². The van der Waals surface area contributed by atoms with Crippen molar-refractivity contribution in [3.63, 3.8) is 0 Å². The molecule has 0 fully saturated rings. The number of hydrogen-bond donors (Lipinski definition) is 1. The molecule has 34 heavy (non-hydrogen) atoms. The van der Waals surface area contributed by atoms with E-state index in [9.17, 15) is 9.90 Å². The van der Waals surface area contributed by atoms with Crippen LogP contribution in [0.2, 0.25) is 0 Å². The molecular formula is C28H28N2O3S. The van der Waals surface area contributed by atoms with Crippen LogP contribution in [0.1, 0.15) is 39.5 Å². The summed E-state index contributed by atoms with van der Waals surface area (Å²) in [6, 6.07) is 28.1. The number of imidazole rings is 1. The van der Waals surface area contributed by atoms with E-state index in [1.807, 2.05) is 16.7 Å². The Balaban J connectivity index is 1.49. The summed E-state index contributed by atoms with van der Waals surface area (Å²) < 4.78 is 7.20. The molecule has 0 saturated carbocycles. The van der Waals surface area contributed by atoms with Crippen LogP contribution in [0.4, 0.5) is 0 Å². The number of ketones is 1. The zero-order chi connectivity index (χ0) is 23.8. The third-order valence-electron chi connectivity index (χ3n) is 5.85. The number of thioether (sulfide) groups is 1. The molecule has 0 radical (unpaired) electrons. The molecular weight excluding hydrogens is 444 g/mol. The van der Waals surface area contributed by atoms with Crippen LogP contribution in [0.15, 0.2) is 96.3 Å². The number of aliphatic hydroxyl groups excluding tert-OH is 1. The van der Waals surface area contributed by atoms with Gasteiger partial charge in [0.1, 0.15) is 5.75 Å².